The maximum Gasteiger partial charge on any atom is 0.417 e. The molecule has 0 amide bonds. The lowest BCUT2D eigenvalue weighted by Crippen LogP contribution is -2.07. The first-order chi connectivity index (χ1) is 8.86. The van der Waals surface area contributed by atoms with Crippen LogP contribution in [0, 0.1) is 0 Å². The summed E-state index contributed by atoms with van der Waals surface area (Å²) in [5.41, 5.74) is 4.77. The molecule has 0 aliphatic carbocycles. The Bertz CT molecular complexity index is 581. The first-order valence-corrected chi connectivity index (χ1v) is 6.46. The summed E-state index contributed by atoms with van der Waals surface area (Å²) in [6.07, 6.45) is -4.43. The molecule has 0 radical (unpaired) electrons. The van der Waals surface area contributed by atoms with Gasteiger partial charge in [-0.05, 0) is 42.5 Å². The van der Waals surface area contributed by atoms with Crippen molar-refractivity contribution >= 4 is 29.1 Å². The fourth-order valence-corrected chi connectivity index (χ4v) is 2.56. The van der Waals surface area contributed by atoms with E-state index >= 15 is 0 Å². The molecular formula is C13H9ClF3NS. The van der Waals surface area contributed by atoms with Gasteiger partial charge in [0.15, 0.2) is 0 Å². The van der Waals surface area contributed by atoms with Crippen molar-refractivity contribution in [2.75, 3.05) is 5.73 Å². The van der Waals surface area contributed by atoms with E-state index in [0.29, 0.717) is 9.92 Å². The van der Waals surface area contributed by atoms with E-state index in [9.17, 15) is 13.2 Å². The number of benzene rings is 2. The molecule has 0 saturated carbocycles. The third-order valence-electron chi connectivity index (χ3n) is 2.35. The number of nitrogens with two attached hydrogens (primary N) is 1. The lowest BCUT2D eigenvalue weighted by atomic mass is 10.2. The highest BCUT2D eigenvalue weighted by Gasteiger charge is 2.33. The Morgan fingerprint density at radius 3 is 2.21 bits per heavy atom. The third kappa shape index (κ3) is 3.58. The van der Waals surface area contributed by atoms with Gasteiger partial charge < -0.3 is 5.73 Å². The van der Waals surface area contributed by atoms with Crippen LogP contribution in [0.3, 0.4) is 0 Å². The molecule has 0 fully saturated rings. The highest BCUT2D eigenvalue weighted by atomic mass is 35.5. The second-order valence-corrected chi connectivity index (χ2v) is 5.36. The number of nitrogen functional groups attached to an aromatic ring is 1. The van der Waals surface area contributed by atoms with Crippen molar-refractivity contribution in [1.29, 1.82) is 0 Å². The van der Waals surface area contributed by atoms with Crippen LogP contribution in [0.4, 0.5) is 18.9 Å². The Hall–Kier alpha value is -1.33. The summed E-state index contributed by atoms with van der Waals surface area (Å²) in [5, 5.41) is 0.540. The molecule has 1 nitrogen and oxygen atoms in total. The van der Waals surface area contributed by atoms with E-state index in [2.05, 4.69) is 0 Å². The Labute approximate surface area is 117 Å². The molecule has 0 aromatic heterocycles. The number of alkyl halides is 3. The fourth-order valence-electron chi connectivity index (χ4n) is 1.49. The maximum absolute atomic E-state index is 12.9. The summed E-state index contributed by atoms with van der Waals surface area (Å²) in [7, 11) is 0. The molecule has 19 heavy (non-hydrogen) atoms. The van der Waals surface area contributed by atoms with Gasteiger partial charge in [0.1, 0.15) is 0 Å². The first-order valence-electron chi connectivity index (χ1n) is 5.26. The SMILES string of the molecule is Nc1ccc(Sc2ccc(Cl)cc2)c(C(F)(F)F)c1. The maximum atomic E-state index is 12.9. The van der Waals surface area contributed by atoms with Gasteiger partial charge in [0.25, 0.3) is 0 Å². The molecule has 0 unspecified atom stereocenters. The van der Waals surface area contributed by atoms with E-state index in [1.165, 1.54) is 12.1 Å². The van der Waals surface area contributed by atoms with Crippen LogP contribution in [-0.4, -0.2) is 0 Å². The lowest BCUT2D eigenvalue weighted by Gasteiger charge is -2.13. The molecule has 0 spiro atoms. The fraction of sp³-hybridized carbons (Fsp3) is 0.0769. The standard InChI is InChI=1S/C13H9ClF3NS/c14-8-1-4-10(5-2-8)19-12-6-3-9(18)7-11(12)13(15,16)17/h1-7H,18H2. The molecule has 2 N–H and O–H groups in total. The smallest absolute Gasteiger partial charge is 0.399 e. The summed E-state index contributed by atoms with van der Waals surface area (Å²) in [5.74, 6) is 0. The molecule has 100 valence electrons. The summed E-state index contributed by atoms with van der Waals surface area (Å²) >= 11 is 6.76. The molecule has 0 atom stereocenters. The second kappa shape index (κ2) is 5.35. The predicted molar refractivity (Wildman–Crippen MR) is 71.4 cm³/mol. The van der Waals surface area contributed by atoms with E-state index in [-0.39, 0.29) is 10.6 Å². The van der Waals surface area contributed by atoms with Crippen LogP contribution in [0.5, 0.6) is 0 Å². The van der Waals surface area contributed by atoms with Crippen molar-refractivity contribution in [2.24, 2.45) is 0 Å². The monoisotopic (exact) mass is 303 g/mol. The van der Waals surface area contributed by atoms with Crippen molar-refractivity contribution in [3.63, 3.8) is 0 Å². The van der Waals surface area contributed by atoms with Gasteiger partial charge in [-0.25, -0.2) is 0 Å². The summed E-state index contributed by atoms with van der Waals surface area (Å²) < 4.78 is 38.7. The van der Waals surface area contributed by atoms with Gasteiger partial charge in [0, 0.05) is 20.5 Å². The van der Waals surface area contributed by atoms with Crippen molar-refractivity contribution in [3.8, 4) is 0 Å². The molecule has 6 heteroatoms. The zero-order valence-corrected chi connectivity index (χ0v) is 11.1. The van der Waals surface area contributed by atoms with Crippen LogP contribution >= 0.6 is 23.4 Å². The third-order valence-corrected chi connectivity index (χ3v) is 3.69. The molecular weight excluding hydrogens is 295 g/mol. The highest BCUT2D eigenvalue weighted by molar-refractivity contribution is 7.99. The number of hydrogen-bond acceptors (Lipinski definition) is 2. The zero-order valence-electron chi connectivity index (χ0n) is 9.54. The van der Waals surface area contributed by atoms with E-state index < -0.39 is 11.7 Å². The van der Waals surface area contributed by atoms with Crippen LogP contribution in [0.1, 0.15) is 5.56 Å². The molecule has 2 aromatic rings. The van der Waals surface area contributed by atoms with E-state index in [1.54, 1.807) is 24.3 Å². The zero-order chi connectivity index (χ0) is 14.0. The summed E-state index contributed by atoms with van der Waals surface area (Å²) in [6, 6.07) is 10.4. The van der Waals surface area contributed by atoms with Gasteiger partial charge in [-0.1, -0.05) is 23.4 Å². The topological polar surface area (TPSA) is 26.0 Å². The van der Waals surface area contributed by atoms with Gasteiger partial charge in [-0.15, -0.1) is 0 Å². The largest absolute Gasteiger partial charge is 0.417 e. The van der Waals surface area contributed by atoms with Crippen molar-refractivity contribution < 1.29 is 13.2 Å². The number of halogens is 4. The van der Waals surface area contributed by atoms with Crippen molar-refractivity contribution in [3.05, 3.63) is 53.1 Å². The van der Waals surface area contributed by atoms with E-state index in [1.807, 2.05) is 0 Å². The first kappa shape index (κ1) is 14.1. The van der Waals surface area contributed by atoms with Gasteiger partial charge in [-0.3, -0.25) is 0 Å². The average molecular weight is 304 g/mol. The second-order valence-electron chi connectivity index (χ2n) is 3.81. The van der Waals surface area contributed by atoms with Gasteiger partial charge >= 0.3 is 6.18 Å². The van der Waals surface area contributed by atoms with Gasteiger partial charge in [0.05, 0.1) is 5.56 Å². The quantitative estimate of drug-likeness (QED) is 0.782. The Kier molecular flexibility index (Phi) is 3.96. The van der Waals surface area contributed by atoms with Crippen LogP contribution < -0.4 is 5.73 Å². The Balaban J connectivity index is 2.37. The van der Waals surface area contributed by atoms with Crippen LogP contribution in [0.2, 0.25) is 5.02 Å². The minimum absolute atomic E-state index is 0.0905. The average Bonchev–Trinajstić information content (AvgIpc) is 2.33. The minimum Gasteiger partial charge on any atom is -0.399 e. The van der Waals surface area contributed by atoms with Crippen LogP contribution in [0.15, 0.2) is 52.3 Å². The van der Waals surface area contributed by atoms with Crippen molar-refractivity contribution in [1.82, 2.24) is 0 Å². The van der Waals surface area contributed by atoms with Crippen molar-refractivity contribution in [2.45, 2.75) is 16.0 Å². The predicted octanol–water partition coefficient (Wildman–Crippen LogP) is 5.09. The van der Waals surface area contributed by atoms with Crippen LogP contribution in [0.25, 0.3) is 0 Å². The van der Waals surface area contributed by atoms with Gasteiger partial charge in [-0.2, -0.15) is 13.2 Å². The normalized spacial score (nSPS) is 11.6. The summed E-state index contributed by atoms with van der Waals surface area (Å²) in [4.78, 5) is 0.795. The van der Waals surface area contributed by atoms with Gasteiger partial charge in [0.2, 0.25) is 0 Å². The Morgan fingerprint density at radius 1 is 1.00 bits per heavy atom. The molecule has 0 aliphatic rings. The number of anilines is 1. The lowest BCUT2D eigenvalue weighted by molar-refractivity contribution is -0.139. The molecule has 0 bridgehead atoms. The number of hydrogen-bond donors (Lipinski definition) is 1. The minimum atomic E-state index is -4.43. The molecule has 0 aliphatic heterocycles. The molecule has 0 heterocycles. The van der Waals surface area contributed by atoms with E-state index in [0.717, 1.165) is 17.8 Å². The summed E-state index contributed by atoms with van der Waals surface area (Å²) in [6.45, 7) is 0. The number of rotatable bonds is 2. The molecule has 2 rings (SSSR count). The van der Waals surface area contributed by atoms with Crippen LogP contribution in [-0.2, 0) is 6.18 Å². The molecule has 2 aromatic carbocycles. The highest BCUT2D eigenvalue weighted by Crippen LogP contribution is 2.40. The van der Waals surface area contributed by atoms with E-state index in [4.69, 9.17) is 17.3 Å². The Morgan fingerprint density at radius 2 is 1.63 bits per heavy atom. The molecule has 0 saturated heterocycles.